The van der Waals surface area contributed by atoms with Crippen LogP contribution in [0.3, 0.4) is 0 Å². The molecular formula is C9H22N2S. The molecule has 0 aliphatic heterocycles. The Morgan fingerprint density at radius 3 is 2.42 bits per heavy atom. The number of thioether (sulfide) groups is 1. The summed E-state index contributed by atoms with van der Waals surface area (Å²) < 4.78 is 0. The highest BCUT2D eigenvalue weighted by atomic mass is 32.2. The second kappa shape index (κ2) is 7.90. The molecule has 74 valence electrons. The van der Waals surface area contributed by atoms with Gasteiger partial charge in [0.1, 0.15) is 0 Å². The van der Waals surface area contributed by atoms with Crippen LogP contribution in [0.4, 0.5) is 0 Å². The number of nitrogens with two attached hydrogens (primary N) is 1. The summed E-state index contributed by atoms with van der Waals surface area (Å²) >= 11 is 2.00. The Hall–Kier alpha value is 0.270. The lowest BCUT2D eigenvalue weighted by Crippen LogP contribution is -2.36. The summed E-state index contributed by atoms with van der Waals surface area (Å²) in [6, 6.07) is 0.631. The Morgan fingerprint density at radius 2 is 2.00 bits per heavy atom. The predicted octanol–water partition coefficient (Wildman–Crippen LogP) is 1.41. The summed E-state index contributed by atoms with van der Waals surface area (Å²) in [6.07, 6.45) is 0. The molecular weight excluding hydrogens is 168 g/mol. The van der Waals surface area contributed by atoms with E-state index < -0.39 is 0 Å². The third kappa shape index (κ3) is 5.86. The fourth-order valence-corrected chi connectivity index (χ4v) is 1.77. The third-order valence-corrected chi connectivity index (χ3v) is 2.75. The highest BCUT2D eigenvalue weighted by Gasteiger charge is 2.06. The van der Waals surface area contributed by atoms with Gasteiger partial charge >= 0.3 is 0 Å². The van der Waals surface area contributed by atoms with Crippen LogP contribution >= 0.6 is 11.8 Å². The van der Waals surface area contributed by atoms with Gasteiger partial charge in [0.15, 0.2) is 0 Å². The van der Waals surface area contributed by atoms with Crippen molar-refractivity contribution in [2.24, 2.45) is 5.73 Å². The van der Waals surface area contributed by atoms with Crippen LogP contribution in [0.1, 0.15) is 20.8 Å². The first-order valence-corrected chi connectivity index (χ1v) is 5.89. The van der Waals surface area contributed by atoms with Gasteiger partial charge in [-0.05, 0) is 19.6 Å². The quantitative estimate of drug-likeness (QED) is 0.616. The minimum absolute atomic E-state index is 0.631. The molecule has 0 atom stereocenters. The average molecular weight is 190 g/mol. The van der Waals surface area contributed by atoms with E-state index >= 15 is 0 Å². The molecule has 0 aromatic heterocycles. The summed E-state index contributed by atoms with van der Waals surface area (Å²) in [5.41, 5.74) is 5.52. The van der Waals surface area contributed by atoms with Gasteiger partial charge in [0.25, 0.3) is 0 Å². The van der Waals surface area contributed by atoms with Gasteiger partial charge < -0.3 is 5.73 Å². The van der Waals surface area contributed by atoms with E-state index in [-0.39, 0.29) is 0 Å². The second-order valence-corrected chi connectivity index (χ2v) is 4.51. The monoisotopic (exact) mass is 190 g/mol. The minimum Gasteiger partial charge on any atom is -0.329 e. The van der Waals surface area contributed by atoms with Crippen molar-refractivity contribution < 1.29 is 0 Å². The van der Waals surface area contributed by atoms with Crippen LogP contribution in [0.5, 0.6) is 0 Å². The first-order chi connectivity index (χ1) is 5.72. The average Bonchev–Trinajstić information content (AvgIpc) is 2.03. The first kappa shape index (κ1) is 12.3. The standard InChI is InChI=1S/C9H22N2S/c1-4-12-8-7-11(6-5-10)9(2)3/h9H,4-8,10H2,1-3H3. The highest BCUT2D eigenvalue weighted by molar-refractivity contribution is 7.99. The van der Waals surface area contributed by atoms with Crippen LogP contribution in [-0.4, -0.2) is 42.1 Å². The normalized spacial score (nSPS) is 11.5. The van der Waals surface area contributed by atoms with Gasteiger partial charge in [0.05, 0.1) is 0 Å². The smallest absolute Gasteiger partial charge is 0.0108 e. The van der Waals surface area contributed by atoms with E-state index in [0.717, 1.165) is 13.1 Å². The highest BCUT2D eigenvalue weighted by Crippen LogP contribution is 2.02. The van der Waals surface area contributed by atoms with Crippen LogP contribution < -0.4 is 5.73 Å². The maximum absolute atomic E-state index is 5.52. The molecule has 2 nitrogen and oxygen atoms in total. The van der Waals surface area contributed by atoms with Crippen LogP contribution in [0.25, 0.3) is 0 Å². The molecule has 0 spiro atoms. The zero-order valence-electron chi connectivity index (χ0n) is 8.55. The predicted molar refractivity (Wildman–Crippen MR) is 58.8 cm³/mol. The van der Waals surface area contributed by atoms with E-state index in [0.29, 0.717) is 6.04 Å². The molecule has 0 heterocycles. The summed E-state index contributed by atoms with van der Waals surface area (Å²) in [4.78, 5) is 2.43. The molecule has 0 aromatic carbocycles. The fraction of sp³-hybridized carbons (Fsp3) is 1.00. The molecule has 0 amide bonds. The molecule has 0 saturated carbocycles. The Kier molecular flexibility index (Phi) is 8.07. The Labute approximate surface area is 80.9 Å². The fourth-order valence-electron chi connectivity index (χ4n) is 1.12. The largest absolute Gasteiger partial charge is 0.329 e. The maximum atomic E-state index is 5.52. The number of hydrogen-bond donors (Lipinski definition) is 1. The SMILES string of the molecule is CCSCCN(CCN)C(C)C. The van der Waals surface area contributed by atoms with Crippen LogP contribution in [0, 0.1) is 0 Å². The molecule has 3 heteroatoms. The number of hydrogen-bond acceptors (Lipinski definition) is 3. The molecule has 0 saturated heterocycles. The molecule has 0 aliphatic rings. The van der Waals surface area contributed by atoms with E-state index in [4.69, 9.17) is 5.73 Å². The Bertz CT molecular complexity index is 96.5. The van der Waals surface area contributed by atoms with Gasteiger partial charge in [0.2, 0.25) is 0 Å². The van der Waals surface area contributed by atoms with Crippen LogP contribution in [0.15, 0.2) is 0 Å². The van der Waals surface area contributed by atoms with Crippen molar-refractivity contribution in [3.63, 3.8) is 0 Å². The van der Waals surface area contributed by atoms with Crippen molar-refractivity contribution >= 4 is 11.8 Å². The van der Waals surface area contributed by atoms with Gasteiger partial charge in [-0.15, -0.1) is 0 Å². The second-order valence-electron chi connectivity index (χ2n) is 3.12. The third-order valence-electron chi connectivity index (χ3n) is 1.87. The molecule has 0 aromatic rings. The molecule has 0 unspecified atom stereocenters. The van der Waals surface area contributed by atoms with Crippen molar-refractivity contribution in [3.8, 4) is 0 Å². The van der Waals surface area contributed by atoms with Crippen molar-refractivity contribution in [3.05, 3.63) is 0 Å². The molecule has 12 heavy (non-hydrogen) atoms. The maximum Gasteiger partial charge on any atom is 0.0108 e. The summed E-state index contributed by atoms with van der Waals surface area (Å²) in [7, 11) is 0. The van der Waals surface area contributed by atoms with Gasteiger partial charge in [-0.2, -0.15) is 11.8 Å². The lowest BCUT2D eigenvalue weighted by molar-refractivity contribution is 0.242. The minimum atomic E-state index is 0.631. The number of nitrogens with zero attached hydrogens (tertiary/aromatic N) is 1. The zero-order valence-corrected chi connectivity index (χ0v) is 9.36. The van der Waals surface area contributed by atoms with Gasteiger partial charge in [-0.3, -0.25) is 4.90 Å². The number of rotatable bonds is 7. The lowest BCUT2D eigenvalue weighted by atomic mass is 10.3. The topological polar surface area (TPSA) is 29.3 Å². The lowest BCUT2D eigenvalue weighted by Gasteiger charge is -2.25. The van der Waals surface area contributed by atoms with E-state index in [9.17, 15) is 0 Å². The molecule has 0 rings (SSSR count). The molecule has 0 radical (unpaired) electrons. The van der Waals surface area contributed by atoms with Gasteiger partial charge in [-0.25, -0.2) is 0 Å². The van der Waals surface area contributed by atoms with Gasteiger partial charge in [-0.1, -0.05) is 6.92 Å². The van der Waals surface area contributed by atoms with Gasteiger partial charge in [0, 0.05) is 31.4 Å². The van der Waals surface area contributed by atoms with Crippen molar-refractivity contribution in [1.82, 2.24) is 4.90 Å². The van der Waals surface area contributed by atoms with Crippen LogP contribution in [0.2, 0.25) is 0 Å². The molecule has 0 fully saturated rings. The van der Waals surface area contributed by atoms with Crippen molar-refractivity contribution in [2.45, 2.75) is 26.8 Å². The molecule has 2 N–H and O–H groups in total. The van der Waals surface area contributed by atoms with E-state index in [2.05, 4.69) is 25.7 Å². The molecule has 0 bridgehead atoms. The molecule has 0 aliphatic carbocycles. The van der Waals surface area contributed by atoms with Crippen LogP contribution in [-0.2, 0) is 0 Å². The van der Waals surface area contributed by atoms with Crippen molar-refractivity contribution in [1.29, 1.82) is 0 Å². The van der Waals surface area contributed by atoms with Crippen molar-refractivity contribution in [2.75, 3.05) is 31.1 Å². The summed E-state index contributed by atoms with van der Waals surface area (Å²) in [5, 5.41) is 0. The van der Waals surface area contributed by atoms with E-state index in [1.54, 1.807) is 0 Å². The van der Waals surface area contributed by atoms with E-state index in [1.807, 2.05) is 11.8 Å². The zero-order chi connectivity index (χ0) is 9.40. The summed E-state index contributed by atoms with van der Waals surface area (Å²) in [5.74, 6) is 2.45. The van der Waals surface area contributed by atoms with E-state index in [1.165, 1.54) is 18.1 Å². The summed E-state index contributed by atoms with van der Waals surface area (Å²) in [6.45, 7) is 9.64. The first-order valence-electron chi connectivity index (χ1n) is 4.74. The Morgan fingerprint density at radius 1 is 1.33 bits per heavy atom. The Balaban J connectivity index is 3.49.